The van der Waals surface area contributed by atoms with Gasteiger partial charge in [0.25, 0.3) is 0 Å². The standard InChI is InChI=1S/C15H15ClO3S/c1-20(18,19)15(16)14(17)13-9-7-12(8-10-13)11-5-3-2-4-6-11/h2-10,14-15,17H,1H3/t14-,15-/m0/s1. The van der Waals surface area contributed by atoms with E-state index < -0.39 is 20.7 Å². The second kappa shape index (κ2) is 5.95. The molecular weight excluding hydrogens is 296 g/mol. The van der Waals surface area contributed by atoms with Crippen LogP contribution in [0, 0.1) is 0 Å². The van der Waals surface area contributed by atoms with Gasteiger partial charge in [0.2, 0.25) is 0 Å². The van der Waals surface area contributed by atoms with Gasteiger partial charge in [-0.25, -0.2) is 8.42 Å². The van der Waals surface area contributed by atoms with Crippen LogP contribution in [-0.2, 0) is 9.84 Å². The average molecular weight is 311 g/mol. The summed E-state index contributed by atoms with van der Waals surface area (Å²) in [6.07, 6.45) is -0.233. The van der Waals surface area contributed by atoms with Gasteiger partial charge in [0.05, 0.1) is 0 Å². The summed E-state index contributed by atoms with van der Waals surface area (Å²) >= 11 is 5.76. The molecular formula is C15H15ClO3S. The summed E-state index contributed by atoms with van der Waals surface area (Å²) in [6, 6.07) is 16.8. The van der Waals surface area contributed by atoms with Crippen molar-refractivity contribution in [1.29, 1.82) is 0 Å². The van der Waals surface area contributed by atoms with Gasteiger partial charge in [-0.3, -0.25) is 0 Å². The lowest BCUT2D eigenvalue weighted by Crippen LogP contribution is -2.21. The van der Waals surface area contributed by atoms with Crippen molar-refractivity contribution in [3.63, 3.8) is 0 Å². The highest BCUT2D eigenvalue weighted by Gasteiger charge is 2.27. The number of halogens is 1. The molecule has 0 aliphatic rings. The second-order valence-electron chi connectivity index (χ2n) is 4.61. The molecule has 106 valence electrons. The van der Waals surface area contributed by atoms with Crippen LogP contribution in [0.15, 0.2) is 54.6 Å². The first-order valence-electron chi connectivity index (χ1n) is 6.06. The van der Waals surface area contributed by atoms with E-state index in [1.54, 1.807) is 12.1 Å². The van der Waals surface area contributed by atoms with E-state index in [9.17, 15) is 13.5 Å². The Kier molecular flexibility index (Phi) is 4.48. The molecule has 0 aliphatic heterocycles. The molecule has 0 radical (unpaired) electrons. The molecule has 5 heteroatoms. The number of alkyl halides is 1. The number of rotatable bonds is 4. The minimum atomic E-state index is -3.50. The molecule has 20 heavy (non-hydrogen) atoms. The summed E-state index contributed by atoms with van der Waals surface area (Å²) in [5, 5.41) is 9.98. The molecule has 0 aromatic heterocycles. The Morgan fingerprint density at radius 3 is 1.95 bits per heavy atom. The number of aliphatic hydroxyl groups is 1. The highest BCUT2D eigenvalue weighted by atomic mass is 35.5. The van der Waals surface area contributed by atoms with Crippen molar-refractivity contribution in [3.8, 4) is 11.1 Å². The Labute approximate surface area is 123 Å². The van der Waals surface area contributed by atoms with E-state index in [1.807, 2.05) is 42.5 Å². The van der Waals surface area contributed by atoms with E-state index in [4.69, 9.17) is 11.6 Å². The minimum Gasteiger partial charge on any atom is -0.386 e. The van der Waals surface area contributed by atoms with Crippen molar-refractivity contribution in [1.82, 2.24) is 0 Å². The van der Waals surface area contributed by atoms with Crippen molar-refractivity contribution in [3.05, 3.63) is 60.2 Å². The fourth-order valence-corrected chi connectivity index (χ4v) is 2.66. The molecule has 2 rings (SSSR count). The molecule has 0 heterocycles. The van der Waals surface area contributed by atoms with E-state index in [0.717, 1.165) is 17.4 Å². The molecule has 0 bridgehead atoms. The van der Waals surface area contributed by atoms with Crippen molar-refractivity contribution >= 4 is 21.4 Å². The van der Waals surface area contributed by atoms with Crippen molar-refractivity contribution < 1.29 is 13.5 Å². The zero-order chi connectivity index (χ0) is 14.8. The maximum atomic E-state index is 11.3. The smallest absolute Gasteiger partial charge is 0.167 e. The predicted octanol–water partition coefficient (Wildman–Crippen LogP) is 3.00. The van der Waals surface area contributed by atoms with Gasteiger partial charge in [0.15, 0.2) is 14.5 Å². The third-order valence-corrected chi connectivity index (χ3v) is 5.30. The normalized spacial score (nSPS) is 14.8. The van der Waals surface area contributed by atoms with Crippen LogP contribution in [0.2, 0.25) is 0 Å². The summed E-state index contributed by atoms with van der Waals surface area (Å²) in [5.41, 5.74) is 2.53. The summed E-state index contributed by atoms with van der Waals surface area (Å²) < 4.78 is 21.3. The highest BCUT2D eigenvalue weighted by Crippen LogP contribution is 2.27. The Morgan fingerprint density at radius 1 is 0.950 bits per heavy atom. The van der Waals surface area contributed by atoms with Crippen molar-refractivity contribution in [2.45, 2.75) is 10.8 Å². The topological polar surface area (TPSA) is 54.4 Å². The number of hydrogen-bond donors (Lipinski definition) is 1. The first-order valence-corrected chi connectivity index (χ1v) is 8.45. The molecule has 0 unspecified atom stereocenters. The molecule has 2 aromatic carbocycles. The van der Waals surface area contributed by atoms with Crippen LogP contribution in [0.1, 0.15) is 11.7 Å². The van der Waals surface area contributed by atoms with Gasteiger partial charge in [-0.15, -0.1) is 11.6 Å². The monoisotopic (exact) mass is 310 g/mol. The Morgan fingerprint density at radius 2 is 1.45 bits per heavy atom. The van der Waals surface area contributed by atoms with E-state index in [2.05, 4.69) is 0 Å². The molecule has 0 spiro atoms. The number of sulfone groups is 1. The maximum Gasteiger partial charge on any atom is 0.167 e. The fraction of sp³-hybridized carbons (Fsp3) is 0.200. The summed E-state index contributed by atoms with van der Waals surface area (Å²) in [5.74, 6) is 0. The van der Waals surface area contributed by atoms with Crippen LogP contribution >= 0.6 is 11.6 Å². The Balaban J connectivity index is 2.25. The molecule has 0 saturated heterocycles. The first-order chi connectivity index (χ1) is 9.39. The van der Waals surface area contributed by atoms with Crippen molar-refractivity contribution in [2.24, 2.45) is 0 Å². The van der Waals surface area contributed by atoms with E-state index in [0.29, 0.717) is 5.56 Å². The Hall–Kier alpha value is -1.36. The quantitative estimate of drug-likeness (QED) is 0.883. The Bertz CT molecular complexity index is 666. The van der Waals surface area contributed by atoms with Crippen LogP contribution < -0.4 is 0 Å². The molecule has 3 nitrogen and oxygen atoms in total. The summed E-state index contributed by atoms with van der Waals surface area (Å²) in [6.45, 7) is 0. The van der Waals surface area contributed by atoms with Gasteiger partial charge in [0.1, 0.15) is 6.10 Å². The van der Waals surface area contributed by atoms with Gasteiger partial charge < -0.3 is 5.11 Å². The average Bonchev–Trinajstić information content (AvgIpc) is 2.46. The van der Waals surface area contributed by atoms with Crippen LogP contribution in [0.5, 0.6) is 0 Å². The summed E-state index contributed by atoms with van der Waals surface area (Å²) in [4.78, 5) is 0. The molecule has 0 amide bonds. The molecule has 2 atom stereocenters. The van der Waals surface area contributed by atoms with E-state index in [1.165, 1.54) is 0 Å². The first kappa shape index (κ1) is 15.0. The number of hydrogen-bond acceptors (Lipinski definition) is 3. The third kappa shape index (κ3) is 3.39. The second-order valence-corrected chi connectivity index (χ2v) is 7.51. The lowest BCUT2D eigenvalue weighted by atomic mass is 10.0. The van der Waals surface area contributed by atoms with Gasteiger partial charge in [-0.2, -0.15) is 0 Å². The van der Waals surface area contributed by atoms with Crippen molar-refractivity contribution in [2.75, 3.05) is 6.26 Å². The SMILES string of the molecule is CS(=O)(=O)[C@H](Cl)[C@@H](O)c1ccc(-c2ccccc2)cc1. The van der Waals surface area contributed by atoms with Crippen LogP contribution in [0.4, 0.5) is 0 Å². The number of aliphatic hydroxyl groups excluding tert-OH is 1. The number of benzene rings is 2. The van der Waals surface area contributed by atoms with E-state index >= 15 is 0 Å². The molecule has 2 aromatic rings. The molecule has 0 aliphatic carbocycles. The van der Waals surface area contributed by atoms with Gasteiger partial charge in [0, 0.05) is 6.26 Å². The maximum absolute atomic E-state index is 11.3. The van der Waals surface area contributed by atoms with Crippen LogP contribution in [0.25, 0.3) is 11.1 Å². The van der Waals surface area contributed by atoms with Crippen LogP contribution in [0.3, 0.4) is 0 Å². The molecule has 0 saturated carbocycles. The van der Waals surface area contributed by atoms with Gasteiger partial charge in [-0.05, 0) is 16.7 Å². The zero-order valence-electron chi connectivity index (χ0n) is 10.9. The molecule has 1 N–H and O–H groups in total. The van der Waals surface area contributed by atoms with E-state index in [-0.39, 0.29) is 0 Å². The fourth-order valence-electron chi connectivity index (χ4n) is 1.89. The lowest BCUT2D eigenvalue weighted by molar-refractivity contribution is 0.192. The largest absolute Gasteiger partial charge is 0.386 e. The molecule has 0 fully saturated rings. The highest BCUT2D eigenvalue weighted by molar-refractivity contribution is 7.92. The van der Waals surface area contributed by atoms with Gasteiger partial charge in [-0.1, -0.05) is 54.6 Å². The lowest BCUT2D eigenvalue weighted by Gasteiger charge is -2.16. The summed E-state index contributed by atoms with van der Waals surface area (Å²) in [7, 11) is -3.50. The predicted molar refractivity (Wildman–Crippen MR) is 81.3 cm³/mol. The minimum absolute atomic E-state index is 0.482. The third-order valence-electron chi connectivity index (χ3n) is 3.02. The zero-order valence-corrected chi connectivity index (χ0v) is 12.5. The van der Waals surface area contributed by atoms with Gasteiger partial charge >= 0.3 is 0 Å². The van der Waals surface area contributed by atoms with Crippen LogP contribution in [-0.4, -0.2) is 24.5 Å².